The number of hydrogen-bond acceptors (Lipinski definition) is 1. The standard InChI is InChI=1S/C21H21ClFNO2/c1-12-18(11-21(2,3)20(25)26)24-17-9-8-16(23)15(19(12)17)10-13-4-6-14(22)7-5-13/h4-9,24H,10-11H2,1-3H3,(H,25,26). The van der Waals surface area contributed by atoms with Gasteiger partial charge in [0, 0.05) is 40.0 Å². The van der Waals surface area contributed by atoms with E-state index in [0.29, 0.717) is 23.4 Å². The van der Waals surface area contributed by atoms with E-state index in [9.17, 15) is 14.3 Å². The highest BCUT2D eigenvalue weighted by Gasteiger charge is 2.29. The molecule has 0 aliphatic heterocycles. The summed E-state index contributed by atoms with van der Waals surface area (Å²) in [5.74, 6) is -1.12. The Morgan fingerprint density at radius 1 is 1.19 bits per heavy atom. The lowest BCUT2D eigenvalue weighted by Crippen LogP contribution is -2.26. The Labute approximate surface area is 156 Å². The van der Waals surface area contributed by atoms with Crippen LogP contribution < -0.4 is 0 Å². The van der Waals surface area contributed by atoms with Crippen LogP contribution in [0.1, 0.15) is 36.2 Å². The van der Waals surface area contributed by atoms with Gasteiger partial charge in [-0.2, -0.15) is 0 Å². The minimum absolute atomic E-state index is 0.265. The van der Waals surface area contributed by atoms with Crippen LogP contribution in [0.15, 0.2) is 36.4 Å². The highest BCUT2D eigenvalue weighted by molar-refractivity contribution is 6.30. The Balaban J connectivity index is 2.07. The van der Waals surface area contributed by atoms with E-state index in [0.717, 1.165) is 27.7 Å². The highest BCUT2D eigenvalue weighted by Crippen LogP contribution is 2.32. The van der Waals surface area contributed by atoms with E-state index in [4.69, 9.17) is 11.6 Å². The molecule has 3 aromatic rings. The average Bonchev–Trinajstić information content (AvgIpc) is 2.88. The summed E-state index contributed by atoms with van der Waals surface area (Å²) < 4.78 is 14.6. The van der Waals surface area contributed by atoms with Gasteiger partial charge >= 0.3 is 5.97 Å². The summed E-state index contributed by atoms with van der Waals surface area (Å²) in [6.45, 7) is 5.29. The lowest BCUT2D eigenvalue weighted by molar-refractivity contribution is -0.146. The molecule has 0 aliphatic rings. The molecule has 0 fully saturated rings. The van der Waals surface area contributed by atoms with Crippen LogP contribution in [0.5, 0.6) is 0 Å². The van der Waals surface area contributed by atoms with Gasteiger partial charge in [0.2, 0.25) is 0 Å². The van der Waals surface area contributed by atoms with Gasteiger partial charge in [-0.25, -0.2) is 4.39 Å². The number of halogens is 2. The van der Waals surface area contributed by atoms with Crippen molar-refractivity contribution in [3.05, 3.63) is 69.6 Å². The fourth-order valence-corrected chi connectivity index (χ4v) is 3.36. The number of nitrogens with one attached hydrogen (secondary N) is 1. The maximum absolute atomic E-state index is 14.6. The lowest BCUT2D eigenvalue weighted by Gasteiger charge is -2.18. The summed E-state index contributed by atoms with van der Waals surface area (Å²) in [7, 11) is 0. The number of carboxylic acid groups (broad SMARTS) is 1. The minimum atomic E-state index is -0.902. The third-order valence-electron chi connectivity index (χ3n) is 4.86. The maximum Gasteiger partial charge on any atom is 0.309 e. The quantitative estimate of drug-likeness (QED) is 0.619. The van der Waals surface area contributed by atoms with Crippen LogP contribution in [0, 0.1) is 18.2 Å². The molecule has 0 unspecified atom stereocenters. The number of fused-ring (bicyclic) bond motifs is 1. The molecule has 5 heteroatoms. The molecule has 0 saturated heterocycles. The first kappa shape index (κ1) is 18.5. The maximum atomic E-state index is 14.6. The number of H-pyrrole nitrogens is 1. The largest absolute Gasteiger partial charge is 0.481 e. The van der Waals surface area contributed by atoms with E-state index in [-0.39, 0.29) is 5.82 Å². The predicted molar refractivity (Wildman–Crippen MR) is 102 cm³/mol. The summed E-state index contributed by atoms with van der Waals surface area (Å²) in [5, 5.41) is 10.9. The highest BCUT2D eigenvalue weighted by atomic mass is 35.5. The van der Waals surface area contributed by atoms with Crippen LogP contribution in [0.3, 0.4) is 0 Å². The molecule has 1 aromatic heterocycles. The predicted octanol–water partition coefficient (Wildman–Crippen LogP) is 5.51. The number of aliphatic carboxylic acids is 1. The second-order valence-electron chi connectivity index (χ2n) is 7.35. The van der Waals surface area contributed by atoms with Gasteiger partial charge in [-0.05, 0) is 56.2 Å². The van der Waals surface area contributed by atoms with Crippen LogP contribution in [0.2, 0.25) is 5.02 Å². The van der Waals surface area contributed by atoms with E-state index >= 15 is 0 Å². The lowest BCUT2D eigenvalue weighted by atomic mass is 9.86. The molecule has 0 saturated carbocycles. The first-order chi connectivity index (χ1) is 12.2. The average molecular weight is 374 g/mol. The molecule has 2 aromatic carbocycles. The van der Waals surface area contributed by atoms with Crippen LogP contribution in [-0.2, 0) is 17.6 Å². The SMILES string of the molecule is Cc1c(CC(C)(C)C(=O)O)[nH]c2ccc(F)c(Cc3ccc(Cl)cc3)c12. The zero-order chi connectivity index (χ0) is 19.1. The summed E-state index contributed by atoms with van der Waals surface area (Å²) in [6, 6.07) is 10.5. The van der Waals surface area contributed by atoms with E-state index in [1.807, 2.05) is 19.1 Å². The Morgan fingerprint density at radius 3 is 2.46 bits per heavy atom. The van der Waals surface area contributed by atoms with Crippen molar-refractivity contribution in [3.63, 3.8) is 0 Å². The first-order valence-electron chi connectivity index (χ1n) is 8.45. The Morgan fingerprint density at radius 2 is 1.85 bits per heavy atom. The van der Waals surface area contributed by atoms with E-state index in [1.165, 1.54) is 6.07 Å². The number of benzene rings is 2. The van der Waals surface area contributed by atoms with E-state index < -0.39 is 11.4 Å². The number of aromatic nitrogens is 1. The van der Waals surface area contributed by atoms with Crippen molar-refractivity contribution in [3.8, 4) is 0 Å². The van der Waals surface area contributed by atoms with E-state index in [1.54, 1.807) is 32.0 Å². The van der Waals surface area contributed by atoms with Crippen LogP contribution in [0.25, 0.3) is 10.9 Å². The van der Waals surface area contributed by atoms with Crippen molar-refractivity contribution >= 4 is 28.5 Å². The molecule has 0 radical (unpaired) electrons. The Hall–Kier alpha value is -2.33. The number of carbonyl (C=O) groups is 1. The van der Waals surface area contributed by atoms with Gasteiger partial charge in [-0.3, -0.25) is 4.79 Å². The summed E-state index contributed by atoms with van der Waals surface area (Å²) >= 11 is 5.93. The topological polar surface area (TPSA) is 53.1 Å². The zero-order valence-corrected chi connectivity index (χ0v) is 15.7. The number of aryl methyl sites for hydroxylation is 1. The molecular formula is C21H21ClFNO2. The van der Waals surface area contributed by atoms with Crippen molar-refractivity contribution in [2.24, 2.45) is 5.41 Å². The second kappa shape index (κ2) is 6.76. The molecule has 2 N–H and O–H groups in total. The van der Waals surface area contributed by atoms with Crippen LogP contribution in [-0.4, -0.2) is 16.1 Å². The molecule has 0 aliphatic carbocycles. The monoisotopic (exact) mass is 373 g/mol. The van der Waals surface area contributed by atoms with Gasteiger partial charge in [0.25, 0.3) is 0 Å². The number of hydrogen-bond donors (Lipinski definition) is 2. The van der Waals surface area contributed by atoms with Crippen LogP contribution >= 0.6 is 11.6 Å². The molecule has 3 rings (SSSR count). The fourth-order valence-electron chi connectivity index (χ4n) is 3.24. The van der Waals surface area contributed by atoms with Crippen LogP contribution in [0.4, 0.5) is 4.39 Å². The van der Waals surface area contributed by atoms with Crippen molar-refractivity contribution in [2.75, 3.05) is 0 Å². The smallest absolute Gasteiger partial charge is 0.309 e. The zero-order valence-electron chi connectivity index (χ0n) is 15.0. The molecule has 1 heterocycles. The third-order valence-corrected chi connectivity index (χ3v) is 5.11. The number of carboxylic acids is 1. The minimum Gasteiger partial charge on any atom is -0.481 e. The van der Waals surface area contributed by atoms with Gasteiger partial charge in [0.05, 0.1) is 5.41 Å². The molecule has 26 heavy (non-hydrogen) atoms. The van der Waals surface area contributed by atoms with Gasteiger partial charge in [-0.1, -0.05) is 23.7 Å². The summed E-state index contributed by atoms with van der Waals surface area (Å²) in [4.78, 5) is 14.7. The number of aromatic amines is 1. The molecule has 0 bridgehead atoms. The Bertz CT molecular complexity index is 974. The molecule has 3 nitrogen and oxygen atoms in total. The van der Waals surface area contributed by atoms with Gasteiger partial charge in [-0.15, -0.1) is 0 Å². The normalized spacial score (nSPS) is 11.9. The second-order valence-corrected chi connectivity index (χ2v) is 7.78. The first-order valence-corrected chi connectivity index (χ1v) is 8.83. The summed E-state index contributed by atoms with van der Waals surface area (Å²) in [5.41, 5.74) is 3.23. The molecule has 0 spiro atoms. The van der Waals surface area contributed by atoms with Crippen molar-refractivity contribution in [1.29, 1.82) is 0 Å². The fraction of sp³-hybridized carbons (Fsp3) is 0.286. The molecular weight excluding hydrogens is 353 g/mol. The molecule has 136 valence electrons. The van der Waals surface area contributed by atoms with Crippen molar-refractivity contribution in [2.45, 2.75) is 33.6 Å². The Kier molecular flexibility index (Phi) is 4.80. The van der Waals surface area contributed by atoms with Gasteiger partial charge in [0.15, 0.2) is 0 Å². The molecule has 0 amide bonds. The third kappa shape index (κ3) is 3.47. The molecule has 0 atom stereocenters. The van der Waals surface area contributed by atoms with Crippen molar-refractivity contribution < 1.29 is 14.3 Å². The van der Waals surface area contributed by atoms with E-state index in [2.05, 4.69) is 4.98 Å². The summed E-state index contributed by atoms with van der Waals surface area (Å²) in [6.07, 6.45) is 0.797. The van der Waals surface area contributed by atoms with Gasteiger partial charge < -0.3 is 10.1 Å². The van der Waals surface area contributed by atoms with Crippen molar-refractivity contribution in [1.82, 2.24) is 4.98 Å². The van der Waals surface area contributed by atoms with Gasteiger partial charge in [0.1, 0.15) is 5.82 Å². The number of rotatable bonds is 5.